The molecule has 4 heteroatoms. The molecule has 1 aliphatic rings. The molecule has 1 saturated carbocycles. The largest absolute Gasteiger partial charge is 0.380 e. The fourth-order valence-electron chi connectivity index (χ4n) is 2.21. The molecule has 0 spiro atoms. The SMILES string of the molecule is CC(CC1CCC1)Nc1c(Cl)cc(Cl)cc1Cl. The predicted molar refractivity (Wildman–Crippen MR) is 76.5 cm³/mol. The zero-order valence-corrected chi connectivity index (χ0v) is 12.0. The summed E-state index contributed by atoms with van der Waals surface area (Å²) in [6.07, 6.45) is 5.26. The molecule has 0 aliphatic heterocycles. The number of nitrogens with one attached hydrogen (secondary N) is 1. The highest BCUT2D eigenvalue weighted by Gasteiger charge is 2.20. The van der Waals surface area contributed by atoms with E-state index in [1.165, 1.54) is 25.7 Å². The van der Waals surface area contributed by atoms with Crippen LogP contribution in [0.5, 0.6) is 0 Å². The third kappa shape index (κ3) is 3.43. The van der Waals surface area contributed by atoms with Gasteiger partial charge in [0, 0.05) is 11.1 Å². The van der Waals surface area contributed by atoms with Gasteiger partial charge in [-0.25, -0.2) is 0 Å². The molecule has 0 amide bonds. The number of hydrogen-bond acceptors (Lipinski definition) is 1. The summed E-state index contributed by atoms with van der Waals surface area (Å²) >= 11 is 18.1. The lowest BCUT2D eigenvalue weighted by atomic mass is 9.81. The number of hydrogen-bond donors (Lipinski definition) is 1. The van der Waals surface area contributed by atoms with E-state index < -0.39 is 0 Å². The highest BCUT2D eigenvalue weighted by Crippen LogP contribution is 2.36. The molecule has 0 saturated heterocycles. The van der Waals surface area contributed by atoms with Gasteiger partial charge in [-0.05, 0) is 31.4 Å². The van der Waals surface area contributed by atoms with Gasteiger partial charge in [0.1, 0.15) is 0 Å². The molecule has 1 unspecified atom stereocenters. The summed E-state index contributed by atoms with van der Waals surface area (Å²) in [5.74, 6) is 0.863. The molecule has 1 fully saturated rings. The highest BCUT2D eigenvalue weighted by atomic mass is 35.5. The Labute approximate surface area is 117 Å². The summed E-state index contributed by atoms with van der Waals surface area (Å²) in [5.41, 5.74) is 0.796. The van der Waals surface area contributed by atoms with Crippen LogP contribution in [0.3, 0.4) is 0 Å². The van der Waals surface area contributed by atoms with Gasteiger partial charge in [0.05, 0.1) is 15.7 Å². The minimum Gasteiger partial charge on any atom is -0.380 e. The van der Waals surface area contributed by atoms with Crippen molar-refractivity contribution >= 4 is 40.5 Å². The van der Waals surface area contributed by atoms with Crippen LogP contribution in [0.4, 0.5) is 5.69 Å². The van der Waals surface area contributed by atoms with Crippen molar-refractivity contribution in [2.75, 3.05) is 5.32 Å². The second-order valence-corrected chi connectivity index (χ2v) is 6.07. The first kappa shape index (κ1) is 13.3. The Balaban J connectivity index is 2.01. The van der Waals surface area contributed by atoms with Crippen LogP contribution in [0.1, 0.15) is 32.6 Å². The van der Waals surface area contributed by atoms with Crippen LogP contribution in [0, 0.1) is 5.92 Å². The van der Waals surface area contributed by atoms with Gasteiger partial charge in [-0.3, -0.25) is 0 Å². The molecule has 1 aromatic carbocycles. The zero-order valence-electron chi connectivity index (χ0n) is 9.77. The molecule has 94 valence electrons. The topological polar surface area (TPSA) is 12.0 Å². The van der Waals surface area contributed by atoms with Crippen molar-refractivity contribution in [3.8, 4) is 0 Å². The summed E-state index contributed by atoms with van der Waals surface area (Å²) in [5, 5.41) is 5.12. The van der Waals surface area contributed by atoms with Crippen molar-refractivity contribution < 1.29 is 0 Å². The molecule has 1 nitrogen and oxygen atoms in total. The van der Waals surface area contributed by atoms with Crippen molar-refractivity contribution in [3.05, 3.63) is 27.2 Å². The van der Waals surface area contributed by atoms with E-state index in [-0.39, 0.29) is 0 Å². The van der Waals surface area contributed by atoms with Gasteiger partial charge >= 0.3 is 0 Å². The minimum absolute atomic E-state index is 0.386. The lowest BCUT2D eigenvalue weighted by molar-refractivity contribution is 0.286. The molecule has 0 bridgehead atoms. The maximum absolute atomic E-state index is 6.13. The highest BCUT2D eigenvalue weighted by molar-refractivity contribution is 6.41. The summed E-state index contributed by atoms with van der Waals surface area (Å²) in [7, 11) is 0. The second-order valence-electron chi connectivity index (χ2n) is 4.82. The van der Waals surface area contributed by atoms with E-state index in [9.17, 15) is 0 Å². The van der Waals surface area contributed by atoms with Crippen molar-refractivity contribution in [2.24, 2.45) is 5.92 Å². The smallest absolute Gasteiger partial charge is 0.0722 e. The second kappa shape index (κ2) is 5.69. The Kier molecular flexibility index (Phi) is 4.46. The standard InChI is InChI=1S/C13H16Cl3N/c1-8(5-9-3-2-4-9)17-13-11(15)6-10(14)7-12(13)16/h6-9,17H,2-5H2,1H3. The van der Waals surface area contributed by atoms with Crippen molar-refractivity contribution in [2.45, 2.75) is 38.6 Å². The summed E-state index contributed by atoms with van der Waals surface area (Å²) in [6.45, 7) is 2.17. The van der Waals surface area contributed by atoms with E-state index in [1.807, 2.05) is 0 Å². The molecule has 1 N–H and O–H groups in total. The Morgan fingerprint density at radius 1 is 1.24 bits per heavy atom. The molecular formula is C13H16Cl3N. The van der Waals surface area contributed by atoms with E-state index in [0.717, 1.165) is 11.6 Å². The maximum Gasteiger partial charge on any atom is 0.0722 e. The van der Waals surface area contributed by atoms with Gasteiger partial charge in [-0.2, -0.15) is 0 Å². The fraction of sp³-hybridized carbons (Fsp3) is 0.538. The summed E-state index contributed by atoms with van der Waals surface area (Å²) in [4.78, 5) is 0. The molecule has 0 heterocycles. The average Bonchev–Trinajstić information content (AvgIpc) is 2.17. The third-order valence-corrected chi connectivity index (χ3v) is 4.12. The van der Waals surface area contributed by atoms with Crippen molar-refractivity contribution in [1.29, 1.82) is 0 Å². The molecule has 1 aromatic rings. The molecule has 0 radical (unpaired) electrons. The molecule has 17 heavy (non-hydrogen) atoms. The van der Waals surface area contributed by atoms with Crippen molar-refractivity contribution in [3.63, 3.8) is 0 Å². The van der Waals surface area contributed by atoms with Gasteiger partial charge in [-0.15, -0.1) is 0 Å². The average molecular weight is 293 g/mol. The van der Waals surface area contributed by atoms with E-state index in [2.05, 4.69) is 12.2 Å². The molecule has 2 rings (SSSR count). The number of anilines is 1. The van der Waals surface area contributed by atoms with E-state index in [0.29, 0.717) is 21.1 Å². The minimum atomic E-state index is 0.386. The Morgan fingerprint density at radius 3 is 2.29 bits per heavy atom. The fourth-order valence-corrected chi connectivity index (χ4v) is 3.14. The van der Waals surface area contributed by atoms with Crippen LogP contribution in [0.2, 0.25) is 15.1 Å². The number of benzene rings is 1. The Morgan fingerprint density at radius 2 is 1.82 bits per heavy atom. The van der Waals surface area contributed by atoms with Crippen LogP contribution in [-0.4, -0.2) is 6.04 Å². The van der Waals surface area contributed by atoms with Crippen LogP contribution in [0.25, 0.3) is 0 Å². The molecule has 1 aliphatic carbocycles. The van der Waals surface area contributed by atoms with Crippen LogP contribution < -0.4 is 5.32 Å². The first-order valence-electron chi connectivity index (χ1n) is 5.97. The van der Waals surface area contributed by atoms with Gasteiger partial charge in [0.15, 0.2) is 0 Å². The lowest BCUT2D eigenvalue weighted by Gasteiger charge is -2.29. The monoisotopic (exact) mass is 291 g/mol. The zero-order chi connectivity index (χ0) is 12.4. The molecule has 1 atom stereocenters. The normalized spacial score (nSPS) is 17.6. The number of rotatable bonds is 4. The van der Waals surface area contributed by atoms with Gasteiger partial charge < -0.3 is 5.32 Å². The van der Waals surface area contributed by atoms with Gasteiger partial charge in [0.2, 0.25) is 0 Å². The van der Waals surface area contributed by atoms with Crippen LogP contribution >= 0.6 is 34.8 Å². The van der Waals surface area contributed by atoms with Crippen molar-refractivity contribution in [1.82, 2.24) is 0 Å². The van der Waals surface area contributed by atoms with E-state index >= 15 is 0 Å². The Hall–Kier alpha value is -0.110. The first-order chi connectivity index (χ1) is 8.06. The Bertz CT molecular complexity index is 379. The third-order valence-electron chi connectivity index (χ3n) is 3.31. The van der Waals surface area contributed by atoms with Gasteiger partial charge in [-0.1, -0.05) is 54.1 Å². The lowest BCUT2D eigenvalue weighted by Crippen LogP contribution is -2.23. The van der Waals surface area contributed by atoms with E-state index in [4.69, 9.17) is 34.8 Å². The molecular weight excluding hydrogens is 277 g/mol. The summed E-state index contributed by atoms with van der Waals surface area (Å²) < 4.78 is 0. The van der Waals surface area contributed by atoms with Crippen LogP contribution in [-0.2, 0) is 0 Å². The quantitative estimate of drug-likeness (QED) is 0.757. The van der Waals surface area contributed by atoms with Gasteiger partial charge in [0.25, 0.3) is 0 Å². The van der Waals surface area contributed by atoms with E-state index in [1.54, 1.807) is 12.1 Å². The predicted octanol–water partition coefficient (Wildman–Crippen LogP) is 5.64. The first-order valence-corrected chi connectivity index (χ1v) is 7.10. The van der Waals surface area contributed by atoms with Crippen LogP contribution in [0.15, 0.2) is 12.1 Å². The maximum atomic E-state index is 6.13. The molecule has 0 aromatic heterocycles. The number of halogens is 3. The summed E-state index contributed by atoms with van der Waals surface area (Å²) in [6, 6.07) is 3.82.